The van der Waals surface area contributed by atoms with Gasteiger partial charge in [-0.3, -0.25) is 0 Å². The number of rotatable bonds is 4. The first-order valence-electron chi connectivity index (χ1n) is 12.6. The van der Waals surface area contributed by atoms with Crippen LogP contribution in [0.3, 0.4) is 0 Å². The second-order valence-corrected chi connectivity index (χ2v) is 11.8. The van der Waals surface area contributed by atoms with Crippen LogP contribution in [0, 0.1) is 11.3 Å². The summed E-state index contributed by atoms with van der Waals surface area (Å²) in [5.41, 5.74) is 2.92. The second-order valence-electron chi connectivity index (χ2n) is 11.4. The quantitative estimate of drug-likeness (QED) is 0.401. The molecule has 1 aliphatic carbocycles. The van der Waals surface area contributed by atoms with E-state index in [0.29, 0.717) is 17.0 Å². The number of alkyl carbamates (subject to hydrolysis) is 1. The Morgan fingerprint density at radius 3 is 2.46 bits per heavy atom. The van der Waals surface area contributed by atoms with E-state index in [0.717, 1.165) is 52.0 Å². The molecular formula is C30H34ClNO3. The zero-order valence-electron chi connectivity index (χ0n) is 21.0. The summed E-state index contributed by atoms with van der Waals surface area (Å²) in [5.74, 6) is 1.64. The summed E-state index contributed by atoms with van der Waals surface area (Å²) in [6.07, 6.45) is 4.39. The third-order valence-corrected chi connectivity index (χ3v) is 8.03. The van der Waals surface area contributed by atoms with Gasteiger partial charge in [-0.25, -0.2) is 4.79 Å². The molecule has 5 heteroatoms. The van der Waals surface area contributed by atoms with Crippen molar-refractivity contribution in [1.29, 1.82) is 0 Å². The highest BCUT2D eigenvalue weighted by atomic mass is 35.5. The molecule has 1 saturated carbocycles. The molecule has 184 valence electrons. The third kappa shape index (κ3) is 4.86. The molecule has 1 unspecified atom stereocenters. The van der Waals surface area contributed by atoms with Crippen LogP contribution >= 0.6 is 11.6 Å². The van der Waals surface area contributed by atoms with Crippen LogP contribution in [0.2, 0.25) is 5.02 Å². The van der Waals surface area contributed by atoms with Gasteiger partial charge in [0.05, 0.1) is 11.6 Å². The first-order chi connectivity index (χ1) is 16.6. The molecule has 5 rings (SSSR count). The summed E-state index contributed by atoms with van der Waals surface area (Å²) < 4.78 is 11.9. The molecule has 3 aromatic carbocycles. The molecule has 4 nitrogen and oxygen atoms in total. The van der Waals surface area contributed by atoms with Crippen LogP contribution in [0.4, 0.5) is 4.79 Å². The van der Waals surface area contributed by atoms with Gasteiger partial charge in [0.2, 0.25) is 0 Å². The van der Waals surface area contributed by atoms with Crippen molar-refractivity contribution in [2.24, 2.45) is 11.3 Å². The molecule has 0 bridgehead atoms. The van der Waals surface area contributed by atoms with Gasteiger partial charge in [-0.05, 0) is 90.1 Å². The van der Waals surface area contributed by atoms with Gasteiger partial charge in [-0.2, -0.15) is 0 Å². The summed E-state index contributed by atoms with van der Waals surface area (Å²) in [7, 11) is 0. The zero-order chi connectivity index (χ0) is 24.8. The molecule has 0 spiro atoms. The smallest absolute Gasteiger partial charge is 0.408 e. The van der Waals surface area contributed by atoms with Crippen molar-refractivity contribution in [3.8, 4) is 16.9 Å². The Bertz CT molecular complexity index is 1260. The summed E-state index contributed by atoms with van der Waals surface area (Å²) in [6, 6.07) is 18.5. The Hall–Kier alpha value is -2.72. The van der Waals surface area contributed by atoms with Gasteiger partial charge in [0.15, 0.2) is 0 Å². The summed E-state index contributed by atoms with van der Waals surface area (Å²) in [6.45, 7) is 9.34. The number of fused-ring (bicyclic) bond motifs is 1. The van der Waals surface area contributed by atoms with Gasteiger partial charge in [0.1, 0.15) is 12.4 Å². The number of cyclic esters (lactones) is 1. The van der Waals surface area contributed by atoms with Crippen molar-refractivity contribution in [1.82, 2.24) is 5.32 Å². The predicted molar refractivity (Wildman–Crippen MR) is 142 cm³/mol. The highest BCUT2D eigenvalue weighted by molar-refractivity contribution is 6.31. The fraction of sp³-hybridized carbons (Fsp3) is 0.433. The average Bonchev–Trinajstić information content (AvgIpc) is 3.18. The number of nitrogens with one attached hydrogen (secondary N) is 1. The standard InChI is InChI=1S/C30H34ClNO3/c1-29(2,3)21-9-12-24(13-10-21)35-26-15-8-19-16-22(30(4)18-34-28(33)32-30)11-14-25(19)27(26)20-6-5-7-23(31)17-20/h5-8,11,14-17,21,24H,9-10,12-13,18H2,1-4H3,(H,32,33). The third-order valence-electron chi connectivity index (χ3n) is 7.79. The van der Waals surface area contributed by atoms with E-state index in [1.807, 2.05) is 25.1 Å². The van der Waals surface area contributed by atoms with E-state index in [1.54, 1.807) is 0 Å². The Kier molecular flexibility index (Phi) is 6.21. The van der Waals surface area contributed by atoms with Crippen molar-refractivity contribution >= 4 is 28.5 Å². The first kappa shape index (κ1) is 24.0. The van der Waals surface area contributed by atoms with Gasteiger partial charge < -0.3 is 14.8 Å². The maximum absolute atomic E-state index is 11.7. The predicted octanol–water partition coefficient (Wildman–Crippen LogP) is 8.10. The second kappa shape index (κ2) is 9.05. The highest BCUT2D eigenvalue weighted by Gasteiger charge is 2.37. The summed E-state index contributed by atoms with van der Waals surface area (Å²) in [4.78, 5) is 11.7. The molecule has 1 aliphatic heterocycles. The number of amides is 1. The van der Waals surface area contributed by atoms with Crippen LogP contribution in [0.5, 0.6) is 5.75 Å². The van der Waals surface area contributed by atoms with E-state index in [9.17, 15) is 4.79 Å². The molecule has 1 N–H and O–H groups in total. The highest BCUT2D eigenvalue weighted by Crippen LogP contribution is 2.43. The number of hydrogen-bond acceptors (Lipinski definition) is 3. The Morgan fingerprint density at radius 2 is 1.80 bits per heavy atom. The molecule has 0 aromatic heterocycles. The summed E-state index contributed by atoms with van der Waals surface area (Å²) >= 11 is 6.40. The van der Waals surface area contributed by atoms with E-state index < -0.39 is 5.54 Å². The Morgan fingerprint density at radius 1 is 1.03 bits per heavy atom. The first-order valence-corrected chi connectivity index (χ1v) is 12.9. The largest absolute Gasteiger partial charge is 0.490 e. The minimum atomic E-state index is -0.539. The summed E-state index contributed by atoms with van der Waals surface area (Å²) in [5, 5.41) is 5.83. The maximum atomic E-state index is 11.7. The Labute approximate surface area is 213 Å². The van der Waals surface area contributed by atoms with Crippen molar-refractivity contribution in [3.63, 3.8) is 0 Å². The molecule has 3 aromatic rings. The van der Waals surface area contributed by atoms with Crippen molar-refractivity contribution < 1.29 is 14.3 Å². The minimum absolute atomic E-state index is 0.216. The van der Waals surface area contributed by atoms with Crippen molar-refractivity contribution in [2.75, 3.05) is 6.61 Å². The monoisotopic (exact) mass is 491 g/mol. The zero-order valence-corrected chi connectivity index (χ0v) is 21.7. The van der Waals surface area contributed by atoms with Gasteiger partial charge in [-0.1, -0.05) is 62.7 Å². The van der Waals surface area contributed by atoms with Crippen LogP contribution in [-0.4, -0.2) is 18.8 Å². The topological polar surface area (TPSA) is 47.6 Å². The molecule has 1 atom stereocenters. The van der Waals surface area contributed by atoms with E-state index in [4.69, 9.17) is 21.1 Å². The lowest BCUT2D eigenvalue weighted by molar-refractivity contribution is 0.0887. The maximum Gasteiger partial charge on any atom is 0.408 e. The van der Waals surface area contributed by atoms with E-state index in [-0.39, 0.29) is 12.2 Å². The molecule has 0 radical (unpaired) electrons. The van der Waals surface area contributed by atoms with Crippen LogP contribution in [0.15, 0.2) is 54.6 Å². The van der Waals surface area contributed by atoms with E-state index in [2.05, 4.69) is 62.5 Å². The molecule has 35 heavy (non-hydrogen) atoms. The molecule has 1 amide bonds. The lowest BCUT2D eigenvalue weighted by atomic mass is 9.72. The Balaban J connectivity index is 1.52. The number of carbonyl (C=O) groups excluding carboxylic acids is 1. The van der Waals surface area contributed by atoms with E-state index in [1.165, 1.54) is 12.8 Å². The van der Waals surface area contributed by atoms with Crippen LogP contribution in [-0.2, 0) is 10.3 Å². The lowest BCUT2D eigenvalue weighted by Gasteiger charge is -2.37. The SMILES string of the molecule is CC1(c2ccc3c(-c4cccc(Cl)c4)c(OC4CCC(C(C)(C)C)CC4)ccc3c2)COC(=O)N1. The van der Waals surface area contributed by atoms with Gasteiger partial charge in [0, 0.05) is 10.6 Å². The lowest BCUT2D eigenvalue weighted by Crippen LogP contribution is -2.37. The van der Waals surface area contributed by atoms with Gasteiger partial charge in [0.25, 0.3) is 0 Å². The molecular weight excluding hydrogens is 458 g/mol. The normalized spacial score (nSPS) is 24.8. The van der Waals surface area contributed by atoms with Crippen LogP contribution in [0.25, 0.3) is 21.9 Å². The van der Waals surface area contributed by atoms with Crippen molar-refractivity contribution in [3.05, 3.63) is 65.2 Å². The fourth-order valence-corrected chi connectivity index (χ4v) is 5.77. The number of benzene rings is 3. The van der Waals surface area contributed by atoms with Crippen LogP contribution < -0.4 is 10.1 Å². The number of ether oxygens (including phenoxy) is 2. The van der Waals surface area contributed by atoms with Crippen LogP contribution in [0.1, 0.15) is 58.9 Å². The van der Waals surface area contributed by atoms with Gasteiger partial charge >= 0.3 is 6.09 Å². The van der Waals surface area contributed by atoms with E-state index >= 15 is 0 Å². The minimum Gasteiger partial charge on any atom is -0.490 e. The number of halogens is 1. The molecule has 1 heterocycles. The van der Waals surface area contributed by atoms with Crippen molar-refractivity contribution in [2.45, 2.75) is 65.0 Å². The van der Waals surface area contributed by atoms with Gasteiger partial charge in [-0.15, -0.1) is 0 Å². The number of carbonyl (C=O) groups is 1. The molecule has 2 fully saturated rings. The molecule has 2 aliphatic rings. The molecule has 1 saturated heterocycles. The fourth-order valence-electron chi connectivity index (χ4n) is 5.58. The number of hydrogen-bond donors (Lipinski definition) is 1. The average molecular weight is 492 g/mol.